The largest absolute Gasteiger partial charge is 0.354 e. The van der Waals surface area contributed by atoms with E-state index in [1.165, 1.54) is 0 Å². The minimum atomic E-state index is -0.151. The van der Waals surface area contributed by atoms with Gasteiger partial charge in [0, 0.05) is 44.3 Å². The van der Waals surface area contributed by atoms with E-state index in [1.54, 1.807) is 0 Å². The Labute approximate surface area is 150 Å². The van der Waals surface area contributed by atoms with Crippen LogP contribution < -0.4 is 10.6 Å². The molecule has 1 aliphatic heterocycles. The average molecular weight is 360 g/mol. The minimum absolute atomic E-state index is 0. The molecule has 1 aliphatic rings. The number of hydrogen-bond acceptors (Lipinski definition) is 3. The van der Waals surface area contributed by atoms with Crippen molar-refractivity contribution in [2.45, 2.75) is 19.8 Å². The van der Waals surface area contributed by atoms with E-state index in [0.717, 1.165) is 38.3 Å². The predicted octanol–water partition coefficient (Wildman–Crippen LogP) is 2.52. The number of nitrogens with zero attached hydrogens (tertiary/aromatic N) is 1. The summed E-state index contributed by atoms with van der Waals surface area (Å²) in [6, 6.07) is 7.61. The molecule has 0 aliphatic carbocycles. The molecular formula is C17H27Cl2N3O. The lowest BCUT2D eigenvalue weighted by Crippen LogP contribution is -2.46. The van der Waals surface area contributed by atoms with E-state index < -0.39 is 0 Å². The maximum Gasteiger partial charge on any atom is 0.227 e. The van der Waals surface area contributed by atoms with Gasteiger partial charge in [-0.15, -0.1) is 12.4 Å². The number of benzene rings is 1. The summed E-state index contributed by atoms with van der Waals surface area (Å²) in [5.41, 5.74) is 0.988. The van der Waals surface area contributed by atoms with Gasteiger partial charge >= 0.3 is 0 Å². The van der Waals surface area contributed by atoms with E-state index >= 15 is 0 Å². The third-order valence-electron chi connectivity index (χ3n) is 4.09. The van der Waals surface area contributed by atoms with Crippen LogP contribution in [0, 0.1) is 5.92 Å². The molecule has 1 saturated heterocycles. The van der Waals surface area contributed by atoms with E-state index in [0.29, 0.717) is 11.6 Å². The van der Waals surface area contributed by atoms with Crippen LogP contribution in [0.1, 0.15) is 25.3 Å². The van der Waals surface area contributed by atoms with Gasteiger partial charge in [0.2, 0.25) is 5.91 Å². The Morgan fingerprint density at radius 1 is 1.35 bits per heavy atom. The maximum absolute atomic E-state index is 12.6. The summed E-state index contributed by atoms with van der Waals surface area (Å²) in [4.78, 5) is 14.9. The van der Waals surface area contributed by atoms with Gasteiger partial charge < -0.3 is 10.6 Å². The highest BCUT2D eigenvalue weighted by Crippen LogP contribution is 2.26. The van der Waals surface area contributed by atoms with Crippen molar-refractivity contribution in [1.82, 2.24) is 15.5 Å². The third-order valence-corrected chi connectivity index (χ3v) is 4.33. The molecule has 4 nitrogen and oxygen atoms in total. The molecule has 2 N–H and O–H groups in total. The fraction of sp³-hybridized carbons (Fsp3) is 0.588. The highest BCUT2D eigenvalue weighted by atomic mass is 35.5. The van der Waals surface area contributed by atoms with Crippen LogP contribution in [0.5, 0.6) is 0 Å². The van der Waals surface area contributed by atoms with Crippen molar-refractivity contribution in [3.8, 4) is 0 Å². The number of nitrogens with one attached hydrogen (secondary N) is 2. The highest BCUT2D eigenvalue weighted by Gasteiger charge is 2.24. The minimum Gasteiger partial charge on any atom is -0.354 e. The Kier molecular flexibility index (Phi) is 8.92. The van der Waals surface area contributed by atoms with Crippen molar-refractivity contribution in [3.05, 3.63) is 34.9 Å². The van der Waals surface area contributed by atoms with Gasteiger partial charge in [-0.2, -0.15) is 0 Å². The Balaban J connectivity index is 0.00000264. The van der Waals surface area contributed by atoms with E-state index in [4.69, 9.17) is 11.6 Å². The summed E-state index contributed by atoms with van der Waals surface area (Å²) >= 11 is 6.06. The maximum atomic E-state index is 12.6. The molecule has 0 saturated carbocycles. The van der Waals surface area contributed by atoms with Crippen molar-refractivity contribution in [2.75, 3.05) is 39.3 Å². The lowest BCUT2D eigenvalue weighted by Gasteiger charge is -2.27. The molecule has 0 bridgehead atoms. The van der Waals surface area contributed by atoms with Crippen LogP contribution in [0.3, 0.4) is 0 Å². The Hall–Kier alpha value is -0.810. The highest BCUT2D eigenvalue weighted by molar-refractivity contribution is 6.30. The second kappa shape index (κ2) is 10.1. The number of amides is 1. The van der Waals surface area contributed by atoms with Gasteiger partial charge in [-0.1, -0.05) is 37.6 Å². The summed E-state index contributed by atoms with van der Waals surface area (Å²) in [6.07, 6.45) is 0. The molecule has 1 unspecified atom stereocenters. The second-order valence-corrected chi connectivity index (χ2v) is 6.60. The van der Waals surface area contributed by atoms with Crippen molar-refractivity contribution in [2.24, 2.45) is 5.92 Å². The Morgan fingerprint density at radius 3 is 2.65 bits per heavy atom. The summed E-state index contributed by atoms with van der Waals surface area (Å²) < 4.78 is 0. The first-order valence-electron chi connectivity index (χ1n) is 8.04. The normalized spacial score (nSPS) is 16.7. The van der Waals surface area contributed by atoms with E-state index in [2.05, 4.69) is 29.4 Å². The van der Waals surface area contributed by atoms with E-state index in [-0.39, 0.29) is 30.2 Å². The first-order valence-corrected chi connectivity index (χ1v) is 8.42. The smallest absolute Gasteiger partial charge is 0.227 e. The molecule has 0 spiro atoms. The standard InChI is InChI=1S/C17H26ClN3O.ClH/c1-13(2)16(14-4-3-5-15(18)12-14)17(22)20-8-11-21-9-6-19-7-10-21;/h3-5,12-13,16,19H,6-11H2,1-2H3,(H,20,22);1H. The van der Waals surface area contributed by atoms with Crippen molar-refractivity contribution >= 4 is 29.9 Å². The lowest BCUT2D eigenvalue weighted by molar-refractivity contribution is -0.123. The summed E-state index contributed by atoms with van der Waals surface area (Å²) in [6.45, 7) is 9.92. The van der Waals surface area contributed by atoms with Crippen molar-refractivity contribution in [1.29, 1.82) is 0 Å². The summed E-state index contributed by atoms with van der Waals surface area (Å²) in [7, 11) is 0. The average Bonchev–Trinajstić information content (AvgIpc) is 2.48. The van der Waals surface area contributed by atoms with Gasteiger partial charge in [0.05, 0.1) is 5.92 Å². The Bertz CT molecular complexity index is 490. The number of halogens is 2. The molecule has 0 aromatic heterocycles. The van der Waals surface area contributed by atoms with E-state index in [9.17, 15) is 4.79 Å². The van der Waals surface area contributed by atoms with Gasteiger partial charge in [-0.05, 0) is 23.6 Å². The first kappa shape index (κ1) is 20.2. The summed E-state index contributed by atoms with van der Waals surface area (Å²) in [5, 5.41) is 7.10. The van der Waals surface area contributed by atoms with E-state index in [1.807, 2.05) is 24.3 Å². The molecule has 1 heterocycles. The molecule has 1 fully saturated rings. The van der Waals surface area contributed by atoms with Gasteiger partial charge in [0.1, 0.15) is 0 Å². The SMILES string of the molecule is CC(C)C(C(=O)NCCN1CCNCC1)c1cccc(Cl)c1.Cl. The molecule has 23 heavy (non-hydrogen) atoms. The van der Waals surface area contributed by atoms with Crippen LogP contribution in [0.4, 0.5) is 0 Å². The number of carbonyl (C=O) groups excluding carboxylic acids is 1. The fourth-order valence-electron chi connectivity index (χ4n) is 2.92. The molecule has 130 valence electrons. The zero-order valence-corrected chi connectivity index (χ0v) is 15.4. The molecule has 2 rings (SSSR count). The number of rotatable bonds is 6. The topological polar surface area (TPSA) is 44.4 Å². The van der Waals surface area contributed by atoms with Crippen molar-refractivity contribution in [3.63, 3.8) is 0 Å². The molecule has 1 atom stereocenters. The molecule has 1 aromatic rings. The zero-order chi connectivity index (χ0) is 15.9. The quantitative estimate of drug-likeness (QED) is 0.820. The predicted molar refractivity (Wildman–Crippen MR) is 98.6 cm³/mol. The molecule has 1 amide bonds. The van der Waals surface area contributed by atoms with Crippen LogP contribution in [-0.2, 0) is 4.79 Å². The third kappa shape index (κ3) is 6.30. The van der Waals surface area contributed by atoms with Gasteiger partial charge in [-0.3, -0.25) is 9.69 Å². The van der Waals surface area contributed by atoms with Crippen LogP contribution in [-0.4, -0.2) is 50.1 Å². The monoisotopic (exact) mass is 359 g/mol. The zero-order valence-electron chi connectivity index (χ0n) is 13.8. The molecule has 0 radical (unpaired) electrons. The number of carbonyl (C=O) groups is 1. The van der Waals surface area contributed by atoms with Gasteiger partial charge in [0.25, 0.3) is 0 Å². The molecule has 1 aromatic carbocycles. The van der Waals surface area contributed by atoms with Crippen LogP contribution in [0.2, 0.25) is 5.02 Å². The number of hydrogen-bond donors (Lipinski definition) is 2. The van der Waals surface area contributed by atoms with Crippen LogP contribution in [0.25, 0.3) is 0 Å². The van der Waals surface area contributed by atoms with Crippen molar-refractivity contribution < 1.29 is 4.79 Å². The molecular weight excluding hydrogens is 333 g/mol. The Morgan fingerprint density at radius 2 is 2.04 bits per heavy atom. The van der Waals surface area contributed by atoms with Gasteiger partial charge in [0.15, 0.2) is 0 Å². The second-order valence-electron chi connectivity index (χ2n) is 6.16. The molecule has 6 heteroatoms. The fourth-order valence-corrected chi connectivity index (χ4v) is 3.12. The van der Waals surface area contributed by atoms with Crippen LogP contribution >= 0.6 is 24.0 Å². The van der Waals surface area contributed by atoms with Crippen LogP contribution in [0.15, 0.2) is 24.3 Å². The summed E-state index contributed by atoms with van der Waals surface area (Å²) in [5.74, 6) is 0.173. The first-order chi connectivity index (χ1) is 10.6. The number of piperazine rings is 1. The lowest BCUT2D eigenvalue weighted by atomic mass is 9.87. The van der Waals surface area contributed by atoms with Gasteiger partial charge in [-0.25, -0.2) is 0 Å².